The van der Waals surface area contributed by atoms with Crippen LogP contribution in [-0.2, 0) is 6.42 Å². The molecule has 1 atom stereocenters. The number of carbonyl (C=O) groups is 1. The van der Waals surface area contributed by atoms with Crippen LogP contribution in [0.15, 0.2) is 28.7 Å². The SMILES string of the molecule is CCCc1c(-c2ccc(Br)cc2)nc(C2CCCN2C(=O)O)n1O. The number of rotatable bonds is 4. The zero-order valence-electron chi connectivity index (χ0n) is 13.4. The number of imidazole rings is 1. The van der Waals surface area contributed by atoms with E-state index in [0.29, 0.717) is 25.2 Å². The second kappa shape index (κ2) is 6.84. The largest absolute Gasteiger partial charge is 0.465 e. The van der Waals surface area contributed by atoms with Gasteiger partial charge in [0.25, 0.3) is 0 Å². The lowest BCUT2D eigenvalue weighted by Crippen LogP contribution is -2.30. The van der Waals surface area contributed by atoms with Gasteiger partial charge in [0, 0.05) is 16.6 Å². The second-order valence-electron chi connectivity index (χ2n) is 5.97. The molecule has 2 heterocycles. The summed E-state index contributed by atoms with van der Waals surface area (Å²) < 4.78 is 2.08. The molecule has 1 aromatic heterocycles. The van der Waals surface area contributed by atoms with Crippen LogP contribution in [0.3, 0.4) is 0 Å². The number of halogens is 1. The third-order valence-corrected chi connectivity index (χ3v) is 4.90. The van der Waals surface area contributed by atoms with E-state index >= 15 is 0 Å². The van der Waals surface area contributed by atoms with Gasteiger partial charge in [-0.25, -0.2) is 9.78 Å². The summed E-state index contributed by atoms with van der Waals surface area (Å²) in [4.78, 5) is 17.4. The minimum absolute atomic E-state index is 0.396. The fourth-order valence-electron chi connectivity index (χ4n) is 3.24. The molecule has 1 aliphatic rings. The van der Waals surface area contributed by atoms with E-state index in [9.17, 15) is 15.1 Å². The first-order chi connectivity index (χ1) is 11.5. The summed E-state index contributed by atoms with van der Waals surface area (Å²) in [5.74, 6) is 0.413. The minimum atomic E-state index is -0.970. The van der Waals surface area contributed by atoms with Gasteiger partial charge in [-0.1, -0.05) is 41.4 Å². The van der Waals surface area contributed by atoms with Crippen LogP contribution >= 0.6 is 15.9 Å². The molecule has 0 radical (unpaired) electrons. The fraction of sp³-hybridized carbons (Fsp3) is 0.412. The molecule has 6 nitrogen and oxygen atoms in total. The number of hydrogen-bond donors (Lipinski definition) is 2. The van der Waals surface area contributed by atoms with Crippen molar-refractivity contribution in [3.8, 4) is 11.3 Å². The summed E-state index contributed by atoms with van der Waals surface area (Å²) in [6.07, 6.45) is 2.02. The number of amides is 1. The summed E-state index contributed by atoms with van der Waals surface area (Å²) in [7, 11) is 0. The molecule has 0 aliphatic carbocycles. The molecule has 1 unspecified atom stereocenters. The average Bonchev–Trinajstić information content (AvgIpc) is 3.15. The van der Waals surface area contributed by atoms with E-state index in [1.54, 1.807) is 0 Å². The van der Waals surface area contributed by atoms with Gasteiger partial charge in [0.2, 0.25) is 0 Å². The van der Waals surface area contributed by atoms with E-state index in [-0.39, 0.29) is 0 Å². The van der Waals surface area contributed by atoms with Crippen molar-refractivity contribution in [3.63, 3.8) is 0 Å². The zero-order valence-corrected chi connectivity index (χ0v) is 15.0. The van der Waals surface area contributed by atoms with Gasteiger partial charge in [-0.05, 0) is 31.4 Å². The van der Waals surface area contributed by atoms with Crippen LogP contribution in [0, 0.1) is 0 Å². The lowest BCUT2D eigenvalue weighted by Gasteiger charge is -2.20. The van der Waals surface area contributed by atoms with Gasteiger partial charge in [-0.3, -0.25) is 4.90 Å². The van der Waals surface area contributed by atoms with Crippen molar-refractivity contribution in [2.24, 2.45) is 0 Å². The third-order valence-electron chi connectivity index (χ3n) is 4.37. The van der Waals surface area contributed by atoms with E-state index in [1.165, 1.54) is 4.90 Å². The maximum atomic E-state index is 11.4. The van der Waals surface area contributed by atoms with Crippen LogP contribution in [0.1, 0.15) is 43.7 Å². The Morgan fingerprint density at radius 1 is 1.38 bits per heavy atom. The molecule has 7 heteroatoms. The van der Waals surface area contributed by atoms with Gasteiger partial charge >= 0.3 is 6.09 Å². The summed E-state index contributed by atoms with van der Waals surface area (Å²) >= 11 is 3.42. The first kappa shape index (κ1) is 16.8. The molecule has 1 amide bonds. The maximum absolute atomic E-state index is 11.4. The van der Waals surface area contributed by atoms with Gasteiger partial charge in [0.05, 0.1) is 17.4 Å². The van der Waals surface area contributed by atoms with Gasteiger partial charge in [-0.15, -0.1) is 0 Å². The maximum Gasteiger partial charge on any atom is 0.407 e. The number of aromatic nitrogens is 2. The van der Waals surface area contributed by atoms with Gasteiger partial charge in [-0.2, -0.15) is 4.73 Å². The van der Waals surface area contributed by atoms with Crippen LogP contribution in [0.4, 0.5) is 4.79 Å². The quantitative estimate of drug-likeness (QED) is 0.758. The third kappa shape index (κ3) is 3.00. The molecule has 1 aromatic carbocycles. The Balaban J connectivity index is 2.07. The van der Waals surface area contributed by atoms with Crippen molar-refractivity contribution in [3.05, 3.63) is 40.3 Å². The molecular formula is C17H20BrN3O3. The zero-order chi connectivity index (χ0) is 17.3. The highest BCUT2D eigenvalue weighted by Gasteiger charge is 2.35. The normalized spacial score (nSPS) is 17.4. The summed E-state index contributed by atoms with van der Waals surface area (Å²) in [6, 6.07) is 7.35. The highest BCUT2D eigenvalue weighted by Crippen LogP contribution is 2.35. The molecule has 0 saturated carbocycles. The van der Waals surface area contributed by atoms with Crippen LogP contribution in [-0.4, -0.2) is 37.6 Å². The molecule has 24 heavy (non-hydrogen) atoms. The predicted molar refractivity (Wildman–Crippen MR) is 93.2 cm³/mol. The Bertz CT molecular complexity index is 742. The Hall–Kier alpha value is -2.02. The Morgan fingerprint density at radius 3 is 2.71 bits per heavy atom. The highest BCUT2D eigenvalue weighted by atomic mass is 79.9. The fourth-order valence-corrected chi connectivity index (χ4v) is 3.51. The highest BCUT2D eigenvalue weighted by molar-refractivity contribution is 9.10. The van der Waals surface area contributed by atoms with Crippen molar-refractivity contribution in [2.75, 3.05) is 6.54 Å². The molecule has 0 spiro atoms. The molecule has 128 valence electrons. The van der Waals surface area contributed by atoms with Crippen molar-refractivity contribution in [2.45, 2.75) is 38.6 Å². The number of likely N-dealkylation sites (tertiary alicyclic amines) is 1. The first-order valence-electron chi connectivity index (χ1n) is 8.09. The first-order valence-corrected chi connectivity index (χ1v) is 8.88. The summed E-state index contributed by atoms with van der Waals surface area (Å²) in [6.45, 7) is 2.51. The smallest absolute Gasteiger partial charge is 0.407 e. The molecule has 2 N–H and O–H groups in total. The van der Waals surface area contributed by atoms with E-state index < -0.39 is 12.1 Å². The molecule has 1 aliphatic heterocycles. The number of carboxylic acid groups (broad SMARTS) is 1. The molecule has 1 fully saturated rings. The summed E-state index contributed by atoms with van der Waals surface area (Å²) in [5, 5.41) is 20.0. The predicted octanol–water partition coefficient (Wildman–Crippen LogP) is 4.32. The van der Waals surface area contributed by atoms with E-state index in [0.717, 1.165) is 39.0 Å². The second-order valence-corrected chi connectivity index (χ2v) is 6.88. The van der Waals surface area contributed by atoms with E-state index in [2.05, 4.69) is 20.9 Å². The molecule has 1 saturated heterocycles. The molecule has 0 bridgehead atoms. The molecular weight excluding hydrogens is 374 g/mol. The molecule has 3 rings (SSSR count). The minimum Gasteiger partial charge on any atom is -0.465 e. The lowest BCUT2D eigenvalue weighted by molar-refractivity contribution is 0.120. The van der Waals surface area contributed by atoms with Crippen molar-refractivity contribution in [1.29, 1.82) is 0 Å². The van der Waals surface area contributed by atoms with Crippen LogP contribution in [0.5, 0.6) is 0 Å². The topological polar surface area (TPSA) is 78.6 Å². The summed E-state index contributed by atoms with van der Waals surface area (Å²) in [5.41, 5.74) is 2.36. The number of nitrogens with zero attached hydrogens (tertiary/aromatic N) is 3. The number of hydrogen-bond acceptors (Lipinski definition) is 3. The van der Waals surface area contributed by atoms with Crippen LogP contribution < -0.4 is 0 Å². The van der Waals surface area contributed by atoms with Crippen molar-refractivity contribution >= 4 is 22.0 Å². The number of benzene rings is 1. The Morgan fingerprint density at radius 2 is 2.08 bits per heavy atom. The Kier molecular flexibility index (Phi) is 4.80. The Labute approximate surface area is 148 Å². The molecule has 2 aromatic rings. The average molecular weight is 394 g/mol. The van der Waals surface area contributed by atoms with Gasteiger partial charge in [0.15, 0.2) is 5.82 Å². The van der Waals surface area contributed by atoms with Gasteiger partial charge in [0.1, 0.15) is 0 Å². The monoisotopic (exact) mass is 393 g/mol. The van der Waals surface area contributed by atoms with Crippen LogP contribution in [0.25, 0.3) is 11.3 Å². The van der Waals surface area contributed by atoms with Crippen molar-refractivity contribution in [1.82, 2.24) is 14.6 Å². The lowest BCUT2D eigenvalue weighted by atomic mass is 10.1. The van der Waals surface area contributed by atoms with E-state index in [4.69, 9.17) is 0 Å². The standard InChI is InChI=1S/C17H20BrN3O3/c1-2-4-13-15(11-6-8-12(18)9-7-11)19-16(21(13)24)14-5-3-10-20(14)17(22)23/h6-9,14,24H,2-5,10H2,1H3,(H,22,23). The van der Waals surface area contributed by atoms with Crippen molar-refractivity contribution < 1.29 is 15.1 Å². The van der Waals surface area contributed by atoms with Crippen LogP contribution in [0.2, 0.25) is 0 Å². The van der Waals surface area contributed by atoms with E-state index in [1.807, 2.05) is 31.2 Å². The van der Waals surface area contributed by atoms with Gasteiger partial charge < -0.3 is 10.3 Å².